The van der Waals surface area contributed by atoms with Crippen LogP contribution in [0.25, 0.3) is 0 Å². The van der Waals surface area contributed by atoms with E-state index in [4.69, 9.17) is 4.74 Å². The van der Waals surface area contributed by atoms with Gasteiger partial charge in [-0.1, -0.05) is 18.6 Å². The van der Waals surface area contributed by atoms with Gasteiger partial charge in [-0.15, -0.1) is 0 Å². The molecule has 0 amide bonds. The predicted molar refractivity (Wildman–Crippen MR) is 100 cm³/mol. The Bertz CT molecular complexity index is 708. The second-order valence-electron chi connectivity index (χ2n) is 6.64. The highest BCUT2D eigenvalue weighted by Gasteiger charge is 2.23. The van der Waals surface area contributed by atoms with Crippen molar-refractivity contribution in [1.29, 1.82) is 0 Å². The van der Waals surface area contributed by atoms with Crippen LogP contribution in [0.15, 0.2) is 48.8 Å². The van der Waals surface area contributed by atoms with Crippen LogP contribution in [0.5, 0.6) is 5.75 Å². The van der Waals surface area contributed by atoms with Gasteiger partial charge < -0.3 is 4.74 Å². The Morgan fingerprint density at radius 2 is 2.15 bits per heavy atom. The van der Waals surface area contributed by atoms with E-state index < -0.39 is 4.92 Å². The molecule has 1 saturated heterocycles. The lowest BCUT2D eigenvalue weighted by Crippen LogP contribution is -2.34. The van der Waals surface area contributed by atoms with Crippen LogP contribution in [0.3, 0.4) is 0 Å². The first-order valence-corrected chi connectivity index (χ1v) is 9.25. The number of hydrogen-bond donors (Lipinski definition) is 0. The molecule has 0 N–H and O–H groups in total. The Balaban J connectivity index is 1.44. The summed E-state index contributed by atoms with van der Waals surface area (Å²) in [6.45, 7) is 2.75. The Kier molecular flexibility index (Phi) is 6.55. The van der Waals surface area contributed by atoms with Gasteiger partial charge in [0.2, 0.25) is 0 Å². The van der Waals surface area contributed by atoms with Crippen LogP contribution >= 0.6 is 0 Å². The Hall–Kier alpha value is -2.47. The minimum atomic E-state index is -0.401. The number of benzene rings is 1. The summed E-state index contributed by atoms with van der Waals surface area (Å²) in [5.41, 5.74) is 1.37. The van der Waals surface area contributed by atoms with E-state index in [-0.39, 0.29) is 5.69 Å². The molecule has 0 spiro atoms. The first-order valence-electron chi connectivity index (χ1n) is 9.25. The van der Waals surface area contributed by atoms with Crippen LogP contribution in [-0.4, -0.2) is 34.5 Å². The molecule has 138 valence electrons. The Morgan fingerprint density at radius 1 is 1.23 bits per heavy atom. The average Bonchev–Trinajstić information content (AvgIpc) is 2.69. The van der Waals surface area contributed by atoms with E-state index >= 15 is 0 Å². The zero-order valence-corrected chi connectivity index (χ0v) is 14.9. The molecule has 1 aliphatic rings. The summed E-state index contributed by atoms with van der Waals surface area (Å²) in [5, 5.41) is 10.8. The topological polar surface area (TPSA) is 68.5 Å². The first-order chi connectivity index (χ1) is 12.7. The van der Waals surface area contributed by atoms with Gasteiger partial charge >= 0.3 is 0 Å². The Morgan fingerprint density at radius 3 is 2.96 bits per heavy atom. The number of unbranched alkanes of at least 4 members (excludes halogenated alkanes) is 1. The van der Waals surface area contributed by atoms with Gasteiger partial charge in [-0.2, -0.15) is 0 Å². The van der Waals surface area contributed by atoms with Crippen LogP contribution in [-0.2, 0) is 0 Å². The fourth-order valence-electron chi connectivity index (χ4n) is 3.50. The fourth-order valence-corrected chi connectivity index (χ4v) is 3.50. The maximum Gasteiger partial charge on any atom is 0.273 e. The number of rotatable bonds is 8. The van der Waals surface area contributed by atoms with Crippen molar-refractivity contribution in [2.24, 2.45) is 0 Å². The second kappa shape index (κ2) is 9.29. The molecule has 2 heterocycles. The van der Waals surface area contributed by atoms with E-state index in [1.54, 1.807) is 12.1 Å². The van der Waals surface area contributed by atoms with Crippen LogP contribution in [0, 0.1) is 10.1 Å². The minimum Gasteiger partial charge on any atom is -0.493 e. The monoisotopic (exact) mass is 355 g/mol. The van der Waals surface area contributed by atoms with Gasteiger partial charge in [-0.05, 0) is 56.5 Å². The molecular formula is C20H25N3O3. The van der Waals surface area contributed by atoms with E-state index in [2.05, 4.69) is 16.0 Å². The number of pyridine rings is 1. The molecule has 0 bridgehead atoms. The molecule has 0 saturated carbocycles. The molecule has 1 aromatic carbocycles. The summed E-state index contributed by atoms with van der Waals surface area (Å²) in [6.07, 6.45) is 9.49. The molecule has 6 nitrogen and oxygen atoms in total. The van der Waals surface area contributed by atoms with Gasteiger partial charge in [0.05, 0.1) is 17.6 Å². The smallest absolute Gasteiger partial charge is 0.273 e. The minimum absolute atomic E-state index is 0.0649. The van der Waals surface area contributed by atoms with Crippen molar-refractivity contribution in [1.82, 2.24) is 9.88 Å². The quantitative estimate of drug-likeness (QED) is 0.399. The molecule has 2 aromatic rings. The lowest BCUT2D eigenvalue weighted by atomic mass is 9.96. The summed E-state index contributed by atoms with van der Waals surface area (Å²) in [7, 11) is 0. The number of nitro benzene ring substituents is 1. The zero-order chi connectivity index (χ0) is 18.2. The third kappa shape index (κ3) is 5.02. The molecule has 0 unspecified atom stereocenters. The standard InChI is InChI=1S/C20H25N3O3/c24-23(25)18-8-5-9-19(15-18)26-14-4-3-13-22-12-2-1-10-20(22)17-7-6-11-21-16-17/h5-9,11,15-16,20H,1-4,10,12-14H2/t20-/m0/s1. The van der Waals surface area contributed by atoms with Gasteiger partial charge in [0.1, 0.15) is 5.75 Å². The van der Waals surface area contributed by atoms with Gasteiger partial charge in [-0.25, -0.2) is 0 Å². The average molecular weight is 355 g/mol. The van der Waals surface area contributed by atoms with Crippen molar-refractivity contribution in [2.75, 3.05) is 19.7 Å². The van der Waals surface area contributed by atoms with Gasteiger partial charge in [0.15, 0.2) is 0 Å². The molecule has 1 aliphatic heterocycles. The first kappa shape index (κ1) is 18.3. The van der Waals surface area contributed by atoms with Crippen molar-refractivity contribution in [3.05, 3.63) is 64.5 Å². The SMILES string of the molecule is O=[N+]([O-])c1cccc(OCCCCN2CCCC[C@H]2c2cccnc2)c1. The highest BCUT2D eigenvalue weighted by molar-refractivity contribution is 5.37. The number of piperidine rings is 1. The normalized spacial score (nSPS) is 17.8. The van der Waals surface area contributed by atoms with Crippen molar-refractivity contribution in [3.8, 4) is 5.75 Å². The zero-order valence-electron chi connectivity index (χ0n) is 14.9. The summed E-state index contributed by atoms with van der Waals surface area (Å²) in [4.78, 5) is 17.2. The van der Waals surface area contributed by atoms with Crippen LogP contribution in [0.1, 0.15) is 43.7 Å². The highest BCUT2D eigenvalue weighted by Crippen LogP contribution is 2.30. The Labute approximate surface area is 154 Å². The van der Waals surface area contributed by atoms with E-state index in [9.17, 15) is 10.1 Å². The number of hydrogen-bond acceptors (Lipinski definition) is 5. The van der Waals surface area contributed by atoms with Gasteiger partial charge in [0, 0.05) is 24.5 Å². The number of nitrogens with zero attached hydrogens (tertiary/aromatic N) is 3. The number of ether oxygens (including phenoxy) is 1. The van der Waals surface area contributed by atoms with Crippen molar-refractivity contribution < 1.29 is 9.66 Å². The third-order valence-electron chi connectivity index (χ3n) is 4.82. The van der Waals surface area contributed by atoms with Crippen LogP contribution in [0.2, 0.25) is 0 Å². The molecule has 0 radical (unpaired) electrons. The van der Waals surface area contributed by atoms with Crippen LogP contribution in [0.4, 0.5) is 5.69 Å². The van der Waals surface area contributed by atoms with E-state index in [1.807, 2.05) is 18.5 Å². The summed E-state index contributed by atoms with van der Waals surface area (Å²) >= 11 is 0. The summed E-state index contributed by atoms with van der Waals surface area (Å²) < 4.78 is 5.66. The maximum absolute atomic E-state index is 10.8. The maximum atomic E-state index is 10.8. The van der Waals surface area contributed by atoms with E-state index in [0.717, 1.165) is 25.9 Å². The second-order valence-corrected chi connectivity index (χ2v) is 6.64. The van der Waals surface area contributed by atoms with Crippen LogP contribution < -0.4 is 4.74 Å². The molecule has 26 heavy (non-hydrogen) atoms. The lowest BCUT2D eigenvalue weighted by Gasteiger charge is -2.35. The summed E-state index contributed by atoms with van der Waals surface area (Å²) in [6, 6.07) is 11.0. The number of non-ortho nitro benzene ring substituents is 1. The lowest BCUT2D eigenvalue weighted by molar-refractivity contribution is -0.384. The van der Waals surface area contributed by atoms with Crippen molar-refractivity contribution in [3.63, 3.8) is 0 Å². The number of nitro groups is 1. The van der Waals surface area contributed by atoms with Gasteiger partial charge in [-0.3, -0.25) is 20.0 Å². The third-order valence-corrected chi connectivity index (χ3v) is 4.82. The largest absolute Gasteiger partial charge is 0.493 e. The van der Waals surface area contributed by atoms with Crippen molar-refractivity contribution in [2.45, 2.75) is 38.1 Å². The number of likely N-dealkylation sites (tertiary alicyclic amines) is 1. The van der Waals surface area contributed by atoms with E-state index in [1.165, 1.54) is 37.0 Å². The summed E-state index contributed by atoms with van der Waals surface area (Å²) in [5.74, 6) is 0.561. The van der Waals surface area contributed by atoms with Gasteiger partial charge in [0.25, 0.3) is 5.69 Å². The van der Waals surface area contributed by atoms with Crippen molar-refractivity contribution >= 4 is 5.69 Å². The molecule has 6 heteroatoms. The molecule has 3 rings (SSSR count). The molecular weight excluding hydrogens is 330 g/mol. The highest BCUT2D eigenvalue weighted by atomic mass is 16.6. The molecule has 1 aromatic heterocycles. The molecule has 0 aliphatic carbocycles. The predicted octanol–water partition coefficient (Wildman–Crippen LogP) is 4.38. The van der Waals surface area contributed by atoms with E-state index in [0.29, 0.717) is 18.4 Å². The fraction of sp³-hybridized carbons (Fsp3) is 0.450. The number of aromatic nitrogens is 1. The molecule has 1 atom stereocenters. The molecule has 1 fully saturated rings.